The van der Waals surface area contributed by atoms with Crippen LogP contribution in [0.25, 0.3) is 11.1 Å². The van der Waals surface area contributed by atoms with E-state index in [0.29, 0.717) is 6.42 Å². The molecular formula is C25H27NO4. The molecule has 0 bridgehead atoms. The van der Waals surface area contributed by atoms with E-state index in [9.17, 15) is 9.59 Å². The topological polar surface area (TPSA) is 55.8 Å². The van der Waals surface area contributed by atoms with Crippen LogP contribution in [-0.4, -0.2) is 36.3 Å². The number of carbonyl (C=O) groups is 2. The van der Waals surface area contributed by atoms with E-state index in [0.717, 1.165) is 25.7 Å². The van der Waals surface area contributed by atoms with Gasteiger partial charge in [0.2, 0.25) is 0 Å². The van der Waals surface area contributed by atoms with E-state index in [-0.39, 0.29) is 25.2 Å². The summed E-state index contributed by atoms with van der Waals surface area (Å²) in [6, 6.07) is 15.9. The van der Waals surface area contributed by atoms with Gasteiger partial charge in [-0.25, -0.2) is 9.59 Å². The third-order valence-electron chi connectivity index (χ3n) is 5.95. The fourth-order valence-electron chi connectivity index (χ4n) is 4.38. The minimum atomic E-state index is -0.551. The highest BCUT2D eigenvalue weighted by molar-refractivity contribution is 5.84. The zero-order chi connectivity index (χ0) is 20.9. The molecule has 2 aromatic carbocycles. The van der Waals surface area contributed by atoms with Crippen molar-refractivity contribution in [3.8, 4) is 11.1 Å². The van der Waals surface area contributed by atoms with Crippen LogP contribution in [0, 0.1) is 0 Å². The number of amides is 1. The number of allylic oxidation sites excluding steroid dienone is 1. The number of hydrogen-bond donors (Lipinski definition) is 0. The van der Waals surface area contributed by atoms with Gasteiger partial charge in [0, 0.05) is 5.92 Å². The second kappa shape index (κ2) is 9.16. The molecule has 0 radical (unpaired) electrons. The van der Waals surface area contributed by atoms with Crippen molar-refractivity contribution in [2.75, 3.05) is 13.3 Å². The lowest BCUT2D eigenvalue weighted by molar-refractivity contribution is -0.139. The summed E-state index contributed by atoms with van der Waals surface area (Å²) in [5.41, 5.74) is 4.70. The van der Waals surface area contributed by atoms with Crippen LogP contribution in [0.1, 0.15) is 49.1 Å². The standard InChI is InChI=1S/C25H27NO4/c1-2-3-4-5-6-15-23-24(27)30-17-26(23)25(28)29-16-22-20-13-9-7-11-18(20)19-12-8-10-14-21(19)22/h2,7-14,22-23H,1,3-6,15-17H2/t23-/m0/s1. The lowest BCUT2D eigenvalue weighted by atomic mass is 9.98. The minimum Gasteiger partial charge on any atom is -0.448 e. The Hall–Kier alpha value is -3.08. The Morgan fingerprint density at radius 1 is 1.07 bits per heavy atom. The number of rotatable bonds is 8. The Balaban J connectivity index is 1.39. The number of carbonyl (C=O) groups excluding carboxylic acids is 2. The van der Waals surface area contributed by atoms with Gasteiger partial charge in [-0.15, -0.1) is 6.58 Å². The third-order valence-corrected chi connectivity index (χ3v) is 5.95. The summed E-state index contributed by atoms with van der Waals surface area (Å²) >= 11 is 0. The van der Waals surface area contributed by atoms with Crippen LogP contribution in [0.3, 0.4) is 0 Å². The number of fused-ring (bicyclic) bond motifs is 3. The molecule has 5 heteroatoms. The number of esters is 1. The zero-order valence-electron chi connectivity index (χ0n) is 17.1. The van der Waals surface area contributed by atoms with Gasteiger partial charge in [0.25, 0.3) is 0 Å². The average molecular weight is 405 g/mol. The normalized spacial score (nSPS) is 17.4. The summed E-state index contributed by atoms with van der Waals surface area (Å²) in [5.74, 6) is -0.342. The highest BCUT2D eigenvalue weighted by Crippen LogP contribution is 2.44. The molecule has 1 amide bonds. The first kappa shape index (κ1) is 20.2. The van der Waals surface area contributed by atoms with Crippen molar-refractivity contribution in [1.82, 2.24) is 4.90 Å². The van der Waals surface area contributed by atoms with E-state index in [1.807, 2.05) is 30.3 Å². The largest absolute Gasteiger partial charge is 0.448 e. The van der Waals surface area contributed by atoms with Crippen LogP contribution in [0.4, 0.5) is 4.79 Å². The van der Waals surface area contributed by atoms with E-state index < -0.39 is 12.1 Å². The molecule has 0 saturated carbocycles. The van der Waals surface area contributed by atoms with Crippen LogP contribution in [-0.2, 0) is 14.3 Å². The highest BCUT2D eigenvalue weighted by atomic mass is 16.6. The van der Waals surface area contributed by atoms with E-state index in [2.05, 4.69) is 30.8 Å². The molecule has 4 rings (SSSR count). The summed E-state index contributed by atoms with van der Waals surface area (Å²) in [5, 5.41) is 0. The summed E-state index contributed by atoms with van der Waals surface area (Å²) in [6.45, 7) is 3.93. The van der Waals surface area contributed by atoms with Crippen molar-refractivity contribution in [3.05, 3.63) is 72.3 Å². The highest BCUT2D eigenvalue weighted by Gasteiger charge is 2.39. The van der Waals surface area contributed by atoms with Gasteiger partial charge in [-0.3, -0.25) is 4.90 Å². The molecule has 0 aromatic heterocycles. The predicted octanol–water partition coefficient (Wildman–Crippen LogP) is 5.26. The van der Waals surface area contributed by atoms with Crippen LogP contribution < -0.4 is 0 Å². The summed E-state index contributed by atoms with van der Waals surface area (Å²) < 4.78 is 10.8. The number of benzene rings is 2. The molecule has 0 unspecified atom stereocenters. The molecule has 156 valence electrons. The maximum absolute atomic E-state index is 12.8. The van der Waals surface area contributed by atoms with Crippen molar-refractivity contribution in [2.45, 2.75) is 44.1 Å². The molecule has 5 nitrogen and oxygen atoms in total. The van der Waals surface area contributed by atoms with Gasteiger partial charge in [-0.05, 0) is 41.5 Å². The Kier molecular flexibility index (Phi) is 6.17. The van der Waals surface area contributed by atoms with Crippen molar-refractivity contribution in [1.29, 1.82) is 0 Å². The van der Waals surface area contributed by atoms with Crippen molar-refractivity contribution in [2.24, 2.45) is 0 Å². The maximum atomic E-state index is 12.8. The third kappa shape index (κ3) is 3.97. The minimum absolute atomic E-state index is 0.00192. The number of cyclic esters (lactones) is 1. The predicted molar refractivity (Wildman–Crippen MR) is 115 cm³/mol. The maximum Gasteiger partial charge on any atom is 0.413 e. The Morgan fingerprint density at radius 3 is 2.40 bits per heavy atom. The van der Waals surface area contributed by atoms with Gasteiger partial charge in [0.15, 0.2) is 6.73 Å². The van der Waals surface area contributed by atoms with E-state index in [4.69, 9.17) is 9.47 Å². The van der Waals surface area contributed by atoms with Gasteiger partial charge < -0.3 is 9.47 Å². The SMILES string of the molecule is C=CCCCCC[C@H]1C(=O)OCN1C(=O)OCC1c2ccccc2-c2ccccc21. The lowest BCUT2D eigenvalue weighted by Crippen LogP contribution is -2.39. The Labute approximate surface area is 177 Å². The average Bonchev–Trinajstić information content (AvgIpc) is 3.30. The fourth-order valence-corrected chi connectivity index (χ4v) is 4.38. The molecule has 2 aliphatic rings. The first-order valence-corrected chi connectivity index (χ1v) is 10.6. The van der Waals surface area contributed by atoms with Crippen LogP contribution in [0.5, 0.6) is 0 Å². The molecule has 1 aliphatic carbocycles. The molecule has 0 spiro atoms. The van der Waals surface area contributed by atoms with Crippen LogP contribution >= 0.6 is 0 Å². The van der Waals surface area contributed by atoms with Gasteiger partial charge in [-0.2, -0.15) is 0 Å². The fraction of sp³-hybridized carbons (Fsp3) is 0.360. The quantitative estimate of drug-likeness (QED) is 0.342. The van der Waals surface area contributed by atoms with Crippen LogP contribution in [0.2, 0.25) is 0 Å². The van der Waals surface area contributed by atoms with Gasteiger partial charge in [-0.1, -0.05) is 67.4 Å². The first-order chi connectivity index (χ1) is 14.7. The van der Waals surface area contributed by atoms with Gasteiger partial charge >= 0.3 is 12.1 Å². The molecular weight excluding hydrogens is 378 g/mol. The Morgan fingerprint density at radius 2 is 1.73 bits per heavy atom. The number of nitrogens with zero attached hydrogens (tertiary/aromatic N) is 1. The first-order valence-electron chi connectivity index (χ1n) is 10.6. The second-order valence-corrected chi connectivity index (χ2v) is 7.81. The summed E-state index contributed by atoms with van der Waals surface area (Å²) in [7, 11) is 0. The zero-order valence-corrected chi connectivity index (χ0v) is 17.1. The Bertz CT molecular complexity index is 893. The smallest absolute Gasteiger partial charge is 0.413 e. The molecule has 1 heterocycles. The molecule has 1 saturated heterocycles. The molecule has 30 heavy (non-hydrogen) atoms. The summed E-state index contributed by atoms with van der Waals surface area (Å²) in [4.78, 5) is 26.3. The molecule has 1 aliphatic heterocycles. The van der Waals surface area contributed by atoms with E-state index >= 15 is 0 Å². The van der Waals surface area contributed by atoms with Crippen molar-refractivity contribution in [3.63, 3.8) is 0 Å². The van der Waals surface area contributed by atoms with E-state index in [1.165, 1.54) is 27.2 Å². The van der Waals surface area contributed by atoms with E-state index in [1.54, 1.807) is 0 Å². The monoisotopic (exact) mass is 405 g/mol. The van der Waals surface area contributed by atoms with Gasteiger partial charge in [0.1, 0.15) is 12.6 Å². The van der Waals surface area contributed by atoms with Crippen molar-refractivity contribution < 1.29 is 19.1 Å². The molecule has 1 fully saturated rings. The second-order valence-electron chi connectivity index (χ2n) is 7.81. The van der Waals surface area contributed by atoms with Gasteiger partial charge in [0.05, 0.1) is 0 Å². The summed E-state index contributed by atoms with van der Waals surface area (Å²) in [6.07, 6.45) is 5.86. The number of ether oxygens (including phenoxy) is 2. The molecule has 1 atom stereocenters. The number of hydrogen-bond acceptors (Lipinski definition) is 4. The van der Waals surface area contributed by atoms with Crippen LogP contribution in [0.15, 0.2) is 61.2 Å². The molecule has 2 aromatic rings. The molecule has 0 N–H and O–H groups in total. The lowest BCUT2D eigenvalue weighted by Gasteiger charge is -2.21. The number of unbranched alkanes of at least 4 members (excludes halogenated alkanes) is 3. The van der Waals surface area contributed by atoms with Crippen molar-refractivity contribution >= 4 is 12.1 Å².